The molecule has 1 aromatic rings. The predicted molar refractivity (Wildman–Crippen MR) is 69.4 cm³/mol. The first-order valence-electron chi connectivity index (χ1n) is 5.52. The normalized spacial score (nSPS) is 14.4. The van der Waals surface area contributed by atoms with Crippen molar-refractivity contribution >= 4 is 11.8 Å². The van der Waals surface area contributed by atoms with E-state index in [1.165, 1.54) is 23.9 Å². The Morgan fingerprint density at radius 1 is 1.53 bits per heavy atom. The molecule has 0 saturated carbocycles. The van der Waals surface area contributed by atoms with Gasteiger partial charge in [-0.25, -0.2) is 4.39 Å². The van der Waals surface area contributed by atoms with Gasteiger partial charge in [-0.2, -0.15) is 5.26 Å². The summed E-state index contributed by atoms with van der Waals surface area (Å²) in [4.78, 5) is 0.844. The molecule has 0 saturated heterocycles. The summed E-state index contributed by atoms with van der Waals surface area (Å²) >= 11 is 1.48. The van der Waals surface area contributed by atoms with Crippen LogP contribution in [0.3, 0.4) is 0 Å². The van der Waals surface area contributed by atoms with Gasteiger partial charge < -0.3 is 0 Å². The second-order valence-corrected chi connectivity index (χ2v) is 5.54. The minimum Gasteiger partial charge on any atom is -0.297 e. The highest BCUT2D eigenvalue weighted by molar-refractivity contribution is 7.99. The number of nitriles is 1. The number of hydrogen-bond donors (Lipinski definition) is 1. The van der Waals surface area contributed by atoms with Crippen LogP contribution >= 0.6 is 11.8 Å². The largest absolute Gasteiger partial charge is 0.297 e. The predicted octanol–water partition coefficient (Wildman–Crippen LogP) is 3.20. The molecular formula is C13H17FN2S. The fraction of sp³-hybridized carbons (Fsp3) is 0.462. The van der Waals surface area contributed by atoms with Gasteiger partial charge in [0.15, 0.2) is 0 Å². The summed E-state index contributed by atoms with van der Waals surface area (Å²) in [6.07, 6.45) is 0. The van der Waals surface area contributed by atoms with E-state index in [1.54, 1.807) is 6.07 Å². The number of halogens is 1. The average Bonchev–Trinajstić information content (AvgIpc) is 2.26. The Balaban J connectivity index is 2.62. The lowest BCUT2D eigenvalue weighted by atomic mass is 10.1. The van der Waals surface area contributed by atoms with Crippen LogP contribution in [0.25, 0.3) is 0 Å². The van der Waals surface area contributed by atoms with E-state index in [4.69, 9.17) is 5.26 Å². The molecule has 0 amide bonds. The van der Waals surface area contributed by atoms with Gasteiger partial charge in [-0.1, -0.05) is 6.07 Å². The van der Waals surface area contributed by atoms with Gasteiger partial charge in [0, 0.05) is 16.7 Å². The summed E-state index contributed by atoms with van der Waals surface area (Å²) in [7, 11) is 0. The van der Waals surface area contributed by atoms with Gasteiger partial charge in [-0.15, -0.1) is 11.8 Å². The van der Waals surface area contributed by atoms with Gasteiger partial charge in [0.1, 0.15) is 11.4 Å². The maximum atomic E-state index is 13.0. The SMILES string of the molecule is CC(C)NC(C)(C#N)CSc1cccc(F)c1. The number of rotatable bonds is 5. The Morgan fingerprint density at radius 2 is 2.24 bits per heavy atom. The Labute approximate surface area is 106 Å². The molecule has 0 spiro atoms. The van der Waals surface area contributed by atoms with Gasteiger partial charge in [0.25, 0.3) is 0 Å². The monoisotopic (exact) mass is 252 g/mol. The van der Waals surface area contributed by atoms with Gasteiger partial charge in [0.2, 0.25) is 0 Å². The molecule has 1 atom stereocenters. The van der Waals surface area contributed by atoms with Gasteiger partial charge in [0.05, 0.1) is 6.07 Å². The van der Waals surface area contributed by atoms with E-state index in [0.29, 0.717) is 5.75 Å². The van der Waals surface area contributed by atoms with Crippen LogP contribution in [0.4, 0.5) is 4.39 Å². The van der Waals surface area contributed by atoms with Crippen molar-refractivity contribution in [1.29, 1.82) is 5.26 Å². The van der Waals surface area contributed by atoms with Crippen LogP contribution in [0.2, 0.25) is 0 Å². The summed E-state index contributed by atoms with van der Waals surface area (Å²) in [6.45, 7) is 5.87. The van der Waals surface area contributed by atoms with Crippen molar-refractivity contribution in [3.05, 3.63) is 30.1 Å². The van der Waals surface area contributed by atoms with Crippen LogP contribution in [-0.4, -0.2) is 17.3 Å². The molecule has 1 rings (SSSR count). The third-order valence-corrected chi connectivity index (χ3v) is 3.49. The summed E-state index contributed by atoms with van der Waals surface area (Å²) in [5, 5.41) is 12.4. The van der Waals surface area contributed by atoms with Gasteiger partial charge in [-0.3, -0.25) is 5.32 Å². The lowest BCUT2D eigenvalue weighted by Crippen LogP contribution is -2.47. The topological polar surface area (TPSA) is 35.8 Å². The van der Waals surface area contributed by atoms with E-state index in [1.807, 2.05) is 26.8 Å². The van der Waals surface area contributed by atoms with E-state index in [-0.39, 0.29) is 11.9 Å². The third-order valence-electron chi connectivity index (χ3n) is 2.18. The maximum Gasteiger partial charge on any atom is 0.124 e. The Morgan fingerprint density at radius 3 is 2.76 bits per heavy atom. The zero-order valence-corrected chi connectivity index (χ0v) is 11.1. The first-order chi connectivity index (χ1) is 7.95. The van der Waals surface area contributed by atoms with Crippen molar-refractivity contribution < 1.29 is 4.39 Å². The number of nitrogens with one attached hydrogen (secondary N) is 1. The molecule has 1 N–H and O–H groups in total. The first-order valence-corrected chi connectivity index (χ1v) is 6.51. The first kappa shape index (κ1) is 14.0. The summed E-state index contributed by atoms with van der Waals surface area (Å²) in [5.74, 6) is 0.343. The molecule has 0 heterocycles. The van der Waals surface area contributed by atoms with E-state index in [2.05, 4.69) is 11.4 Å². The van der Waals surface area contributed by atoms with Crippen LogP contribution in [0, 0.1) is 17.1 Å². The lowest BCUT2D eigenvalue weighted by molar-refractivity contribution is 0.443. The molecule has 0 aliphatic carbocycles. The molecule has 0 aliphatic heterocycles. The zero-order valence-electron chi connectivity index (χ0n) is 10.3. The van der Waals surface area contributed by atoms with Crippen molar-refractivity contribution in [2.75, 3.05) is 5.75 Å². The summed E-state index contributed by atoms with van der Waals surface area (Å²) in [5.41, 5.74) is -0.592. The molecule has 2 nitrogen and oxygen atoms in total. The molecule has 0 aromatic heterocycles. The van der Waals surface area contributed by atoms with Gasteiger partial charge >= 0.3 is 0 Å². The van der Waals surface area contributed by atoms with Crippen LogP contribution in [0.5, 0.6) is 0 Å². The molecule has 0 aliphatic rings. The number of nitrogens with zero attached hydrogens (tertiary/aromatic N) is 1. The van der Waals surface area contributed by atoms with E-state index in [9.17, 15) is 4.39 Å². The Bertz CT molecular complexity index is 414. The van der Waals surface area contributed by atoms with Crippen LogP contribution < -0.4 is 5.32 Å². The third kappa shape index (κ3) is 4.76. The van der Waals surface area contributed by atoms with Crippen molar-refractivity contribution in [2.45, 2.75) is 37.2 Å². The number of hydrogen-bond acceptors (Lipinski definition) is 3. The second-order valence-electron chi connectivity index (χ2n) is 4.49. The highest BCUT2D eigenvalue weighted by atomic mass is 32.2. The Kier molecular flexibility index (Phi) is 4.98. The molecule has 92 valence electrons. The molecule has 1 aromatic carbocycles. The number of thioether (sulfide) groups is 1. The standard InChI is InChI=1S/C13H17FN2S/c1-10(2)16-13(3,8-15)9-17-12-6-4-5-11(14)7-12/h4-7,10,16H,9H2,1-3H3. The summed E-state index contributed by atoms with van der Waals surface area (Å²) in [6, 6.07) is 8.94. The fourth-order valence-corrected chi connectivity index (χ4v) is 2.50. The minimum absolute atomic E-state index is 0.243. The summed E-state index contributed by atoms with van der Waals surface area (Å²) < 4.78 is 13.0. The van der Waals surface area contributed by atoms with Crippen molar-refractivity contribution in [2.24, 2.45) is 0 Å². The lowest BCUT2D eigenvalue weighted by Gasteiger charge is -2.25. The van der Waals surface area contributed by atoms with E-state index < -0.39 is 5.54 Å². The quantitative estimate of drug-likeness (QED) is 0.817. The van der Waals surface area contributed by atoms with Crippen molar-refractivity contribution in [1.82, 2.24) is 5.32 Å². The minimum atomic E-state index is -0.592. The smallest absolute Gasteiger partial charge is 0.124 e. The van der Waals surface area contributed by atoms with Crippen molar-refractivity contribution in [3.8, 4) is 6.07 Å². The molecule has 0 bridgehead atoms. The van der Waals surface area contributed by atoms with Crippen LogP contribution in [0.1, 0.15) is 20.8 Å². The van der Waals surface area contributed by atoms with E-state index >= 15 is 0 Å². The maximum absolute atomic E-state index is 13.0. The van der Waals surface area contributed by atoms with Crippen molar-refractivity contribution in [3.63, 3.8) is 0 Å². The molecule has 0 fully saturated rings. The van der Waals surface area contributed by atoms with Gasteiger partial charge in [-0.05, 0) is 39.0 Å². The second kappa shape index (κ2) is 6.04. The average molecular weight is 252 g/mol. The number of benzene rings is 1. The highest BCUT2D eigenvalue weighted by Gasteiger charge is 2.24. The molecular weight excluding hydrogens is 235 g/mol. The molecule has 4 heteroatoms. The molecule has 0 radical (unpaired) electrons. The van der Waals surface area contributed by atoms with Crippen LogP contribution in [0.15, 0.2) is 29.2 Å². The van der Waals surface area contributed by atoms with Crippen LogP contribution in [-0.2, 0) is 0 Å². The highest BCUT2D eigenvalue weighted by Crippen LogP contribution is 2.23. The molecule has 17 heavy (non-hydrogen) atoms. The Hall–Kier alpha value is -1.05. The fourth-order valence-electron chi connectivity index (χ4n) is 1.53. The zero-order chi connectivity index (χ0) is 12.9. The van der Waals surface area contributed by atoms with E-state index in [0.717, 1.165) is 4.90 Å². The molecule has 1 unspecified atom stereocenters.